The Morgan fingerprint density at radius 3 is 2.67 bits per heavy atom. The number of rotatable bonds is 2. The summed E-state index contributed by atoms with van der Waals surface area (Å²) in [6.07, 6.45) is 2.21. The zero-order valence-corrected chi connectivity index (χ0v) is 9.11. The van der Waals surface area contributed by atoms with Crippen molar-refractivity contribution in [2.75, 3.05) is 5.73 Å². The Morgan fingerprint density at radius 2 is 2.08 bits per heavy atom. The molecule has 1 nitrogen and oxygen atoms in total. The highest BCUT2D eigenvalue weighted by atomic mass is 79.9. The molecule has 2 N–H and O–H groups in total. The van der Waals surface area contributed by atoms with E-state index >= 15 is 0 Å². The molecule has 1 aromatic rings. The van der Waals surface area contributed by atoms with E-state index in [2.05, 4.69) is 35.0 Å². The Hall–Kier alpha value is -0.500. The minimum absolute atomic E-state index is 0.936. The molecule has 0 amide bonds. The number of nitrogens with two attached hydrogens (primary N) is 1. The number of aryl methyl sites for hydroxylation is 1. The van der Waals surface area contributed by atoms with Crippen LogP contribution < -0.4 is 5.73 Å². The Balaban J connectivity index is 3.08. The average Bonchev–Trinajstić information content (AvgIpc) is 2.07. The maximum absolute atomic E-state index is 5.94. The molecular weight excluding hydrogens is 214 g/mol. The van der Waals surface area contributed by atoms with Gasteiger partial charge in [0.1, 0.15) is 0 Å². The monoisotopic (exact) mass is 227 g/mol. The van der Waals surface area contributed by atoms with Gasteiger partial charge in [0.05, 0.1) is 0 Å². The topological polar surface area (TPSA) is 26.0 Å². The van der Waals surface area contributed by atoms with Gasteiger partial charge in [0.15, 0.2) is 0 Å². The summed E-state index contributed by atoms with van der Waals surface area (Å²) < 4.78 is 1.10. The van der Waals surface area contributed by atoms with Gasteiger partial charge in [-0.25, -0.2) is 0 Å². The Morgan fingerprint density at radius 1 is 1.42 bits per heavy atom. The summed E-state index contributed by atoms with van der Waals surface area (Å²) in [5.41, 5.74) is 9.29. The normalized spacial score (nSPS) is 10.2. The lowest BCUT2D eigenvalue weighted by atomic mass is 10.0. The fourth-order valence-corrected chi connectivity index (χ4v) is 1.59. The van der Waals surface area contributed by atoms with E-state index in [4.69, 9.17) is 5.73 Å². The Labute approximate surface area is 82.1 Å². The Kier molecular flexibility index (Phi) is 3.15. The molecule has 2 heteroatoms. The smallest absolute Gasteiger partial charge is 0.0387 e. The van der Waals surface area contributed by atoms with Gasteiger partial charge in [-0.2, -0.15) is 0 Å². The third-order valence-corrected chi connectivity index (χ3v) is 2.92. The first-order chi connectivity index (χ1) is 5.66. The van der Waals surface area contributed by atoms with E-state index < -0.39 is 0 Å². The minimum atomic E-state index is 0.936. The van der Waals surface area contributed by atoms with Crippen molar-refractivity contribution < 1.29 is 0 Å². The van der Waals surface area contributed by atoms with Gasteiger partial charge < -0.3 is 5.73 Å². The van der Waals surface area contributed by atoms with E-state index in [-0.39, 0.29) is 0 Å². The molecule has 0 saturated heterocycles. The molecule has 66 valence electrons. The molecule has 0 bridgehead atoms. The number of benzene rings is 1. The van der Waals surface area contributed by atoms with Crippen molar-refractivity contribution in [3.63, 3.8) is 0 Å². The first-order valence-corrected chi connectivity index (χ1v) is 4.99. The largest absolute Gasteiger partial charge is 0.398 e. The van der Waals surface area contributed by atoms with Crippen molar-refractivity contribution in [1.29, 1.82) is 0 Å². The zero-order chi connectivity index (χ0) is 9.14. The van der Waals surface area contributed by atoms with Crippen LogP contribution in [0.5, 0.6) is 0 Å². The van der Waals surface area contributed by atoms with E-state index in [0.29, 0.717) is 0 Å². The maximum atomic E-state index is 5.94. The zero-order valence-electron chi connectivity index (χ0n) is 7.52. The van der Waals surface area contributed by atoms with Gasteiger partial charge in [-0.3, -0.25) is 0 Å². The van der Waals surface area contributed by atoms with Gasteiger partial charge in [0.25, 0.3) is 0 Å². The van der Waals surface area contributed by atoms with Gasteiger partial charge in [-0.1, -0.05) is 35.3 Å². The van der Waals surface area contributed by atoms with Crippen molar-refractivity contribution in [2.24, 2.45) is 0 Å². The summed E-state index contributed by atoms with van der Waals surface area (Å²) in [6, 6.07) is 4.16. The second-order valence-corrected chi connectivity index (χ2v) is 3.85. The van der Waals surface area contributed by atoms with Crippen LogP contribution in [0.25, 0.3) is 0 Å². The summed E-state index contributed by atoms with van der Waals surface area (Å²) in [5.74, 6) is 0. The molecule has 0 saturated carbocycles. The highest BCUT2D eigenvalue weighted by Gasteiger charge is 2.03. The van der Waals surface area contributed by atoms with Crippen LogP contribution in [0.3, 0.4) is 0 Å². The highest BCUT2D eigenvalue weighted by Crippen LogP contribution is 2.25. The Bertz CT molecular complexity index is 281. The summed E-state index contributed by atoms with van der Waals surface area (Å²) in [5, 5.41) is 0. The summed E-state index contributed by atoms with van der Waals surface area (Å²) in [4.78, 5) is 0. The van der Waals surface area contributed by atoms with Crippen molar-refractivity contribution in [3.05, 3.63) is 27.7 Å². The van der Waals surface area contributed by atoms with Gasteiger partial charge in [-0.15, -0.1) is 0 Å². The average molecular weight is 228 g/mol. The van der Waals surface area contributed by atoms with Crippen molar-refractivity contribution in [3.8, 4) is 0 Å². The summed E-state index contributed by atoms with van der Waals surface area (Å²) >= 11 is 3.45. The van der Waals surface area contributed by atoms with Gasteiger partial charge >= 0.3 is 0 Å². The van der Waals surface area contributed by atoms with Gasteiger partial charge in [0.2, 0.25) is 0 Å². The van der Waals surface area contributed by atoms with Crippen LogP contribution >= 0.6 is 15.9 Å². The van der Waals surface area contributed by atoms with E-state index in [9.17, 15) is 0 Å². The van der Waals surface area contributed by atoms with Crippen LogP contribution in [-0.2, 0) is 6.42 Å². The molecule has 0 aliphatic heterocycles. The second kappa shape index (κ2) is 3.94. The van der Waals surface area contributed by atoms with E-state index in [0.717, 1.165) is 28.6 Å². The predicted octanol–water partition coefficient (Wildman–Crippen LogP) is 3.29. The maximum Gasteiger partial charge on any atom is 0.0387 e. The molecule has 12 heavy (non-hydrogen) atoms. The van der Waals surface area contributed by atoms with Crippen LogP contribution in [0, 0.1) is 6.92 Å². The third-order valence-electron chi connectivity index (χ3n) is 2.06. The van der Waals surface area contributed by atoms with Crippen molar-refractivity contribution in [2.45, 2.75) is 26.7 Å². The molecule has 0 spiro atoms. The second-order valence-electron chi connectivity index (χ2n) is 3.00. The van der Waals surface area contributed by atoms with Gasteiger partial charge in [-0.05, 0) is 30.5 Å². The first-order valence-electron chi connectivity index (χ1n) is 4.20. The van der Waals surface area contributed by atoms with Crippen LogP contribution in [-0.4, -0.2) is 0 Å². The lowest BCUT2D eigenvalue weighted by Crippen LogP contribution is -1.97. The van der Waals surface area contributed by atoms with E-state index in [1.54, 1.807) is 0 Å². The number of hydrogen-bond donors (Lipinski definition) is 1. The summed E-state index contributed by atoms with van der Waals surface area (Å²) in [6.45, 7) is 4.20. The molecule has 0 atom stereocenters. The standard InChI is InChI=1S/C10H14BrN/c1-3-4-8-5-6-9(11)7(2)10(8)12/h5-6H,3-4,12H2,1-2H3. The molecule has 1 aromatic carbocycles. The SMILES string of the molecule is CCCc1ccc(Br)c(C)c1N. The van der Waals surface area contributed by atoms with E-state index in [1.807, 2.05) is 6.92 Å². The minimum Gasteiger partial charge on any atom is -0.398 e. The quantitative estimate of drug-likeness (QED) is 0.772. The fraction of sp³-hybridized carbons (Fsp3) is 0.400. The molecule has 0 radical (unpaired) electrons. The van der Waals surface area contributed by atoms with Crippen LogP contribution in [0.15, 0.2) is 16.6 Å². The van der Waals surface area contributed by atoms with E-state index in [1.165, 1.54) is 5.56 Å². The summed E-state index contributed by atoms with van der Waals surface area (Å²) in [7, 11) is 0. The molecule has 0 aliphatic carbocycles. The molecule has 0 unspecified atom stereocenters. The van der Waals surface area contributed by atoms with Crippen LogP contribution in [0.4, 0.5) is 5.69 Å². The lowest BCUT2D eigenvalue weighted by Gasteiger charge is -2.08. The lowest BCUT2D eigenvalue weighted by molar-refractivity contribution is 0.922. The molecular formula is C10H14BrN. The van der Waals surface area contributed by atoms with Crippen LogP contribution in [0.2, 0.25) is 0 Å². The highest BCUT2D eigenvalue weighted by molar-refractivity contribution is 9.10. The fourth-order valence-electron chi connectivity index (χ4n) is 1.25. The molecule has 0 aromatic heterocycles. The number of hydrogen-bond acceptors (Lipinski definition) is 1. The molecule has 0 heterocycles. The molecule has 0 aliphatic rings. The van der Waals surface area contributed by atoms with Crippen molar-refractivity contribution in [1.82, 2.24) is 0 Å². The first kappa shape index (κ1) is 9.59. The van der Waals surface area contributed by atoms with Crippen LogP contribution in [0.1, 0.15) is 24.5 Å². The predicted molar refractivity (Wildman–Crippen MR) is 57.3 cm³/mol. The number of halogens is 1. The molecule has 0 fully saturated rings. The van der Waals surface area contributed by atoms with Crippen molar-refractivity contribution >= 4 is 21.6 Å². The number of nitrogen functional groups attached to an aromatic ring is 1. The third kappa shape index (κ3) is 1.81. The number of anilines is 1. The van der Waals surface area contributed by atoms with Gasteiger partial charge in [0, 0.05) is 10.2 Å². The molecule has 1 rings (SSSR count).